The summed E-state index contributed by atoms with van der Waals surface area (Å²) in [5.74, 6) is -0.986. The number of nitrogens with two attached hydrogens (primary N) is 1. The summed E-state index contributed by atoms with van der Waals surface area (Å²) in [6, 6.07) is 7.47. The Morgan fingerprint density at radius 2 is 2.06 bits per heavy atom. The van der Waals surface area contributed by atoms with Gasteiger partial charge >= 0.3 is 5.97 Å². The first-order chi connectivity index (χ1) is 7.65. The van der Waals surface area contributed by atoms with E-state index in [9.17, 15) is 4.79 Å². The van der Waals surface area contributed by atoms with E-state index in [4.69, 9.17) is 10.8 Å². The summed E-state index contributed by atoms with van der Waals surface area (Å²) in [4.78, 5) is 14.7. The fraction of sp³-hybridized carbons (Fsp3) is 0.0909. The van der Waals surface area contributed by atoms with E-state index in [1.54, 1.807) is 5.38 Å². The van der Waals surface area contributed by atoms with Crippen LogP contribution in [0.15, 0.2) is 29.6 Å². The molecule has 0 radical (unpaired) electrons. The molecule has 0 spiro atoms. The van der Waals surface area contributed by atoms with Gasteiger partial charge in [-0.15, -0.1) is 11.3 Å². The van der Waals surface area contributed by atoms with Gasteiger partial charge in [-0.05, 0) is 17.7 Å². The molecule has 2 aromatic rings. The van der Waals surface area contributed by atoms with Crippen molar-refractivity contribution in [1.82, 2.24) is 4.98 Å². The Balaban J connectivity index is 2.14. The van der Waals surface area contributed by atoms with Crippen LogP contribution in [0.4, 0.5) is 5.69 Å². The zero-order valence-corrected chi connectivity index (χ0v) is 9.20. The average molecular weight is 234 g/mol. The number of rotatable bonds is 3. The summed E-state index contributed by atoms with van der Waals surface area (Å²) < 4.78 is 0. The smallest absolute Gasteiger partial charge is 0.355 e. The number of hydrogen-bond donors (Lipinski definition) is 2. The minimum atomic E-state index is -0.986. The van der Waals surface area contributed by atoms with E-state index in [0.717, 1.165) is 10.6 Å². The van der Waals surface area contributed by atoms with Crippen LogP contribution in [0.1, 0.15) is 21.1 Å². The highest BCUT2D eigenvalue weighted by Gasteiger charge is 2.08. The Morgan fingerprint density at radius 3 is 2.62 bits per heavy atom. The van der Waals surface area contributed by atoms with Gasteiger partial charge in [-0.3, -0.25) is 0 Å². The van der Waals surface area contributed by atoms with E-state index in [1.807, 2.05) is 24.3 Å². The van der Waals surface area contributed by atoms with Crippen molar-refractivity contribution in [3.05, 3.63) is 45.9 Å². The molecule has 0 atom stereocenters. The van der Waals surface area contributed by atoms with Crippen LogP contribution >= 0.6 is 11.3 Å². The quantitative estimate of drug-likeness (QED) is 0.796. The first-order valence-corrected chi connectivity index (χ1v) is 5.55. The fourth-order valence-electron chi connectivity index (χ4n) is 1.30. The average Bonchev–Trinajstić information content (AvgIpc) is 2.70. The van der Waals surface area contributed by atoms with E-state index in [1.165, 1.54) is 11.3 Å². The van der Waals surface area contributed by atoms with Crippen LogP contribution in [-0.4, -0.2) is 16.1 Å². The Labute approximate surface area is 96.4 Å². The molecule has 1 aromatic heterocycles. The van der Waals surface area contributed by atoms with Gasteiger partial charge in [0.2, 0.25) is 0 Å². The monoisotopic (exact) mass is 234 g/mol. The van der Waals surface area contributed by atoms with Crippen LogP contribution < -0.4 is 5.73 Å². The third-order valence-corrected chi connectivity index (χ3v) is 2.95. The lowest BCUT2D eigenvalue weighted by Crippen LogP contribution is -1.97. The highest BCUT2D eigenvalue weighted by Crippen LogP contribution is 2.15. The number of nitrogen functional groups attached to an aromatic ring is 1. The molecule has 0 amide bonds. The number of aromatic carboxylic acids is 1. The molecule has 1 heterocycles. The van der Waals surface area contributed by atoms with Crippen LogP contribution in [0.2, 0.25) is 0 Å². The van der Waals surface area contributed by atoms with E-state index in [-0.39, 0.29) is 5.69 Å². The maximum Gasteiger partial charge on any atom is 0.355 e. The lowest BCUT2D eigenvalue weighted by Gasteiger charge is -1.98. The van der Waals surface area contributed by atoms with E-state index < -0.39 is 5.97 Å². The predicted octanol–water partition coefficient (Wildman–Crippen LogP) is 2.01. The molecule has 16 heavy (non-hydrogen) atoms. The van der Waals surface area contributed by atoms with E-state index in [2.05, 4.69) is 4.98 Å². The summed E-state index contributed by atoms with van der Waals surface area (Å²) in [6.45, 7) is 0. The fourth-order valence-corrected chi connectivity index (χ4v) is 2.10. The van der Waals surface area contributed by atoms with Crippen LogP contribution in [0.25, 0.3) is 0 Å². The summed E-state index contributed by atoms with van der Waals surface area (Å²) in [7, 11) is 0. The molecule has 0 aliphatic carbocycles. The second-order valence-electron chi connectivity index (χ2n) is 3.35. The zero-order valence-electron chi connectivity index (χ0n) is 8.38. The third kappa shape index (κ3) is 2.38. The first kappa shape index (κ1) is 10.6. The van der Waals surface area contributed by atoms with Crippen molar-refractivity contribution in [2.24, 2.45) is 0 Å². The molecule has 0 unspecified atom stereocenters. The standard InChI is InChI=1S/C11H10N2O2S/c12-8-3-1-7(2-4-8)5-10-13-9(6-16-10)11(14)15/h1-4,6H,5,12H2,(H,14,15). The van der Waals surface area contributed by atoms with Gasteiger partial charge in [0.05, 0.1) is 5.01 Å². The molecule has 0 aliphatic heterocycles. The third-order valence-electron chi connectivity index (χ3n) is 2.11. The number of nitrogens with zero attached hydrogens (tertiary/aromatic N) is 1. The molecule has 0 saturated carbocycles. The second kappa shape index (κ2) is 4.32. The number of anilines is 1. The number of aromatic nitrogens is 1. The van der Waals surface area contributed by atoms with Crippen molar-refractivity contribution >= 4 is 23.0 Å². The molecule has 0 saturated heterocycles. The summed E-state index contributed by atoms with van der Waals surface area (Å²) in [5.41, 5.74) is 7.47. The van der Waals surface area contributed by atoms with Crippen molar-refractivity contribution in [2.75, 3.05) is 5.73 Å². The lowest BCUT2D eigenvalue weighted by atomic mass is 10.1. The molecule has 2 rings (SSSR count). The van der Waals surface area contributed by atoms with E-state index >= 15 is 0 Å². The SMILES string of the molecule is Nc1ccc(Cc2nc(C(=O)O)cs2)cc1. The van der Waals surface area contributed by atoms with Crippen LogP contribution in [0.3, 0.4) is 0 Å². The molecule has 0 fully saturated rings. The minimum Gasteiger partial charge on any atom is -0.476 e. The normalized spacial score (nSPS) is 10.2. The van der Waals surface area contributed by atoms with Crippen molar-refractivity contribution in [2.45, 2.75) is 6.42 Å². The van der Waals surface area contributed by atoms with Crippen molar-refractivity contribution in [3.63, 3.8) is 0 Å². The van der Waals surface area contributed by atoms with Gasteiger partial charge in [-0.1, -0.05) is 12.1 Å². The van der Waals surface area contributed by atoms with Gasteiger partial charge in [0.1, 0.15) is 0 Å². The molecule has 0 aliphatic rings. The highest BCUT2D eigenvalue weighted by molar-refractivity contribution is 7.09. The van der Waals surface area contributed by atoms with Gasteiger partial charge in [-0.25, -0.2) is 9.78 Å². The molecule has 4 nitrogen and oxygen atoms in total. The molecule has 5 heteroatoms. The van der Waals surface area contributed by atoms with Gasteiger partial charge in [-0.2, -0.15) is 0 Å². The number of benzene rings is 1. The number of carbonyl (C=O) groups is 1. The van der Waals surface area contributed by atoms with Crippen molar-refractivity contribution in [1.29, 1.82) is 0 Å². The van der Waals surface area contributed by atoms with E-state index in [0.29, 0.717) is 12.1 Å². The number of hydrogen-bond acceptors (Lipinski definition) is 4. The number of thiazole rings is 1. The lowest BCUT2D eigenvalue weighted by molar-refractivity contribution is 0.0691. The Kier molecular flexibility index (Phi) is 2.87. The van der Waals surface area contributed by atoms with Gasteiger partial charge in [0.15, 0.2) is 5.69 Å². The maximum atomic E-state index is 10.6. The molecule has 82 valence electrons. The second-order valence-corrected chi connectivity index (χ2v) is 4.29. The van der Waals surface area contributed by atoms with Crippen LogP contribution in [-0.2, 0) is 6.42 Å². The summed E-state index contributed by atoms with van der Waals surface area (Å²) in [6.07, 6.45) is 0.637. The zero-order chi connectivity index (χ0) is 11.5. The Bertz CT molecular complexity index is 505. The molecular formula is C11H10N2O2S. The largest absolute Gasteiger partial charge is 0.476 e. The Hall–Kier alpha value is -1.88. The van der Waals surface area contributed by atoms with Gasteiger partial charge in [0, 0.05) is 17.5 Å². The van der Waals surface area contributed by atoms with Crippen molar-refractivity contribution < 1.29 is 9.90 Å². The maximum absolute atomic E-state index is 10.6. The topological polar surface area (TPSA) is 76.2 Å². The predicted molar refractivity (Wildman–Crippen MR) is 62.7 cm³/mol. The first-order valence-electron chi connectivity index (χ1n) is 4.67. The van der Waals surface area contributed by atoms with Gasteiger partial charge in [0.25, 0.3) is 0 Å². The molecule has 1 aromatic carbocycles. The molecule has 0 bridgehead atoms. The summed E-state index contributed by atoms with van der Waals surface area (Å²) in [5, 5.41) is 11.1. The molecule has 3 N–H and O–H groups in total. The number of carboxylic acids is 1. The minimum absolute atomic E-state index is 0.107. The molecular weight excluding hydrogens is 224 g/mol. The number of carboxylic acid groups (broad SMARTS) is 1. The Morgan fingerprint density at radius 1 is 1.38 bits per heavy atom. The van der Waals surface area contributed by atoms with Gasteiger partial charge < -0.3 is 10.8 Å². The van der Waals surface area contributed by atoms with Crippen molar-refractivity contribution in [3.8, 4) is 0 Å². The highest BCUT2D eigenvalue weighted by atomic mass is 32.1. The van der Waals surface area contributed by atoms with Crippen LogP contribution in [0.5, 0.6) is 0 Å². The summed E-state index contributed by atoms with van der Waals surface area (Å²) >= 11 is 1.35. The van der Waals surface area contributed by atoms with Crippen LogP contribution in [0, 0.1) is 0 Å².